The molecule has 0 aliphatic carbocycles. The third-order valence-electron chi connectivity index (χ3n) is 3.06. The topological polar surface area (TPSA) is 43.4 Å². The Balaban J connectivity index is 2.60. The first-order valence-electron chi connectivity index (χ1n) is 7.75. The van der Waals surface area contributed by atoms with E-state index in [1.165, 1.54) is 15.6 Å². The summed E-state index contributed by atoms with van der Waals surface area (Å²) in [6.07, 6.45) is 2.04. The zero-order valence-corrected chi connectivity index (χ0v) is 14.9. The highest BCUT2D eigenvalue weighted by Crippen LogP contribution is 2.29. The standard InChI is InChI=1S/C16H30N2O2S/c1-6-8-17-12-13-15(16(2,3)4)18-14(21-13)7-9-20-11-10-19-5/h17H,6-12H2,1-5H3. The Morgan fingerprint density at radius 2 is 1.95 bits per heavy atom. The third-order valence-corrected chi connectivity index (χ3v) is 4.17. The second-order valence-corrected chi connectivity index (χ2v) is 7.33. The molecule has 1 aromatic heterocycles. The molecule has 1 heterocycles. The average molecular weight is 314 g/mol. The zero-order chi connectivity index (χ0) is 15.7. The Morgan fingerprint density at radius 1 is 1.19 bits per heavy atom. The van der Waals surface area contributed by atoms with Gasteiger partial charge in [-0.15, -0.1) is 11.3 Å². The lowest BCUT2D eigenvalue weighted by atomic mass is 9.91. The first-order chi connectivity index (χ1) is 9.99. The fraction of sp³-hybridized carbons (Fsp3) is 0.812. The highest BCUT2D eigenvalue weighted by atomic mass is 32.1. The molecule has 0 amide bonds. The Labute approximate surface area is 133 Å². The minimum absolute atomic E-state index is 0.0921. The van der Waals surface area contributed by atoms with Crippen LogP contribution in [0.25, 0.3) is 0 Å². The van der Waals surface area contributed by atoms with Crippen molar-refractivity contribution in [1.82, 2.24) is 10.3 Å². The Kier molecular flexibility index (Phi) is 8.41. The average Bonchev–Trinajstić information content (AvgIpc) is 2.82. The molecule has 0 saturated heterocycles. The molecule has 0 atom stereocenters. The number of hydrogen-bond donors (Lipinski definition) is 1. The van der Waals surface area contributed by atoms with Gasteiger partial charge in [0.2, 0.25) is 0 Å². The SMILES string of the molecule is CCCNCc1sc(CCOCCOC)nc1C(C)(C)C. The van der Waals surface area contributed by atoms with E-state index in [-0.39, 0.29) is 5.41 Å². The van der Waals surface area contributed by atoms with Crippen molar-refractivity contribution in [3.63, 3.8) is 0 Å². The zero-order valence-electron chi connectivity index (χ0n) is 14.1. The monoisotopic (exact) mass is 314 g/mol. The molecule has 0 bridgehead atoms. The van der Waals surface area contributed by atoms with Gasteiger partial charge in [-0.25, -0.2) is 4.98 Å². The summed E-state index contributed by atoms with van der Waals surface area (Å²) in [6.45, 7) is 12.9. The molecule has 5 heteroatoms. The molecule has 122 valence electrons. The van der Waals surface area contributed by atoms with Crippen LogP contribution in [0.3, 0.4) is 0 Å². The van der Waals surface area contributed by atoms with Crippen LogP contribution in [-0.4, -0.2) is 38.5 Å². The fourth-order valence-corrected chi connectivity index (χ4v) is 3.23. The second kappa shape index (κ2) is 9.51. The maximum atomic E-state index is 5.54. The maximum Gasteiger partial charge on any atom is 0.0954 e. The van der Waals surface area contributed by atoms with Crippen LogP contribution in [0.15, 0.2) is 0 Å². The summed E-state index contributed by atoms with van der Waals surface area (Å²) in [5.41, 5.74) is 1.32. The van der Waals surface area contributed by atoms with Crippen molar-refractivity contribution in [2.75, 3.05) is 33.5 Å². The van der Waals surface area contributed by atoms with E-state index < -0.39 is 0 Å². The smallest absolute Gasteiger partial charge is 0.0954 e. The summed E-state index contributed by atoms with van der Waals surface area (Å²) in [5.74, 6) is 0. The molecule has 0 fully saturated rings. The van der Waals surface area contributed by atoms with Gasteiger partial charge in [0.15, 0.2) is 0 Å². The van der Waals surface area contributed by atoms with Gasteiger partial charge in [-0.1, -0.05) is 27.7 Å². The van der Waals surface area contributed by atoms with Crippen molar-refractivity contribution in [1.29, 1.82) is 0 Å². The molecule has 0 aliphatic heterocycles. The highest BCUT2D eigenvalue weighted by Gasteiger charge is 2.22. The van der Waals surface area contributed by atoms with E-state index in [1.807, 2.05) is 11.3 Å². The summed E-state index contributed by atoms with van der Waals surface area (Å²) in [7, 11) is 1.69. The van der Waals surface area contributed by atoms with Gasteiger partial charge in [0, 0.05) is 30.4 Å². The highest BCUT2D eigenvalue weighted by molar-refractivity contribution is 7.11. The predicted molar refractivity (Wildman–Crippen MR) is 89.2 cm³/mol. The van der Waals surface area contributed by atoms with Crippen LogP contribution in [0.1, 0.15) is 49.7 Å². The van der Waals surface area contributed by atoms with E-state index in [0.29, 0.717) is 19.8 Å². The molecular formula is C16H30N2O2S. The molecule has 0 aromatic carbocycles. The number of ether oxygens (including phenoxy) is 2. The van der Waals surface area contributed by atoms with Gasteiger partial charge in [-0.3, -0.25) is 0 Å². The van der Waals surface area contributed by atoms with Gasteiger partial charge in [0.05, 0.1) is 30.5 Å². The Morgan fingerprint density at radius 3 is 2.57 bits per heavy atom. The molecule has 0 spiro atoms. The quantitative estimate of drug-likeness (QED) is 0.674. The van der Waals surface area contributed by atoms with Crippen molar-refractivity contribution in [2.24, 2.45) is 0 Å². The summed E-state index contributed by atoms with van der Waals surface area (Å²) in [4.78, 5) is 6.21. The van der Waals surface area contributed by atoms with Crippen molar-refractivity contribution in [3.8, 4) is 0 Å². The van der Waals surface area contributed by atoms with E-state index >= 15 is 0 Å². The number of nitrogens with one attached hydrogen (secondary N) is 1. The van der Waals surface area contributed by atoms with Crippen LogP contribution in [-0.2, 0) is 27.9 Å². The molecular weight excluding hydrogens is 284 g/mol. The van der Waals surface area contributed by atoms with E-state index in [1.54, 1.807) is 7.11 Å². The van der Waals surface area contributed by atoms with Crippen molar-refractivity contribution in [2.45, 2.75) is 52.5 Å². The van der Waals surface area contributed by atoms with E-state index in [4.69, 9.17) is 14.5 Å². The lowest BCUT2D eigenvalue weighted by Gasteiger charge is -2.17. The van der Waals surface area contributed by atoms with Crippen molar-refractivity contribution in [3.05, 3.63) is 15.6 Å². The molecule has 4 nitrogen and oxygen atoms in total. The Bertz CT molecular complexity index is 399. The molecule has 21 heavy (non-hydrogen) atoms. The third kappa shape index (κ3) is 6.87. The van der Waals surface area contributed by atoms with Gasteiger partial charge >= 0.3 is 0 Å². The van der Waals surface area contributed by atoms with Gasteiger partial charge in [0.1, 0.15) is 0 Å². The van der Waals surface area contributed by atoms with Crippen LogP contribution in [0.4, 0.5) is 0 Å². The van der Waals surface area contributed by atoms with Crippen LogP contribution in [0.2, 0.25) is 0 Å². The van der Waals surface area contributed by atoms with Crippen molar-refractivity contribution >= 4 is 11.3 Å². The number of rotatable bonds is 10. The number of hydrogen-bond acceptors (Lipinski definition) is 5. The lowest BCUT2D eigenvalue weighted by Crippen LogP contribution is -2.19. The first-order valence-corrected chi connectivity index (χ1v) is 8.57. The van der Waals surface area contributed by atoms with Crippen LogP contribution in [0.5, 0.6) is 0 Å². The van der Waals surface area contributed by atoms with Crippen LogP contribution in [0, 0.1) is 0 Å². The lowest BCUT2D eigenvalue weighted by molar-refractivity contribution is 0.0722. The fourth-order valence-electron chi connectivity index (χ4n) is 2.00. The van der Waals surface area contributed by atoms with E-state index in [0.717, 1.165) is 25.9 Å². The molecule has 1 N–H and O–H groups in total. The first kappa shape index (κ1) is 18.6. The number of aromatic nitrogens is 1. The molecule has 0 radical (unpaired) electrons. The molecule has 0 aliphatic rings. The minimum Gasteiger partial charge on any atom is -0.382 e. The minimum atomic E-state index is 0.0921. The molecule has 0 unspecified atom stereocenters. The molecule has 1 rings (SSSR count). The predicted octanol–water partition coefficient (Wildman–Crippen LogP) is 3.15. The van der Waals surface area contributed by atoms with Crippen molar-refractivity contribution < 1.29 is 9.47 Å². The summed E-state index contributed by atoms with van der Waals surface area (Å²) in [5, 5.41) is 4.66. The van der Waals surface area contributed by atoms with Gasteiger partial charge < -0.3 is 14.8 Å². The van der Waals surface area contributed by atoms with Gasteiger partial charge in [-0.2, -0.15) is 0 Å². The van der Waals surface area contributed by atoms with Gasteiger partial charge in [0.25, 0.3) is 0 Å². The number of nitrogens with zero attached hydrogens (tertiary/aromatic N) is 1. The largest absolute Gasteiger partial charge is 0.382 e. The molecule has 1 aromatic rings. The van der Waals surface area contributed by atoms with Gasteiger partial charge in [-0.05, 0) is 13.0 Å². The normalized spacial score (nSPS) is 12.0. The van der Waals surface area contributed by atoms with Crippen LogP contribution < -0.4 is 5.32 Å². The number of thiazole rings is 1. The van der Waals surface area contributed by atoms with Crippen LogP contribution >= 0.6 is 11.3 Å². The van der Waals surface area contributed by atoms with E-state index in [2.05, 4.69) is 33.0 Å². The second-order valence-electron chi connectivity index (χ2n) is 6.16. The summed E-state index contributed by atoms with van der Waals surface area (Å²) < 4.78 is 10.5. The summed E-state index contributed by atoms with van der Waals surface area (Å²) >= 11 is 1.82. The number of methoxy groups -OCH3 is 1. The Hall–Kier alpha value is -0.490. The molecule has 0 saturated carbocycles. The maximum absolute atomic E-state index is 5.54. The summed E-state index contributed by atoms with van der Waals surface area (Å²) in [6, 6.07) is 0. The van der Waals surface area contributed by atoms with E-state index in [9.17, 15) is 0 Å².